The van der Waals surface area contributed by atoms with E-state index in [1.165, 1.54) is 11.3 Å². The van der Waals surface area contributed by atoms with E-state index in [4.69, 9.17) is 0 Å². The molecular weight excluding hydrogens is 285 g/mol. The molecule has 3 nitrogen and oxygen atoms in total. The number of hydrogen-bond acceptors (Lipinski definition) is 4. The van der Waals surface area contributed by atoms with Crippen LogP contribution in [0.3, 0.4) is 0 Å². The summed E-state index contributed by atoms with van der Waals surface area (Å²) in [5, 5.41) is 5.20. The van der Waals surface area contributed by atoms with Gasteiger partial charge in [0.1, 0.15) is 0 Å². The van der Waals surface area contributed by atoms with Gasteiger partial charge in [-0.1, -0.05) is 0 Å². The van der Waals surface area contributed by atoms with Gasteiger partial charge in [-0.25, -0.2) is 4.98 Å². The van der Waals surface area contributed by atoms with Gasteiger partial charge in [0.25, 0.3) is 0 Å². The first-order valence-corrected chi connectivity index (χ1v) is 6.51. The molecule has 0 saturated heterocycles. The summed E-state index contributed by atoms with van der Waals surface area (Å²) in [4.78, 5) is 15.5. The molecule has 2 aromatic heterocycles. The van der Waals surface area contributed by atoms with Crippen LogP contribution >= 0.6 is 22.7 Å². The lowest BCUT2D eigenvalue weighted by atomic mass is 10.3. The molecule has 0 unspecified atom stereocenters. The summed E-state index contributed by atoms with van der Waals surface area (Å²) >= 11 is 2.41. The highest BCUT2D eigenvalue weighted by Crippen LogP contribution is 2.30. The molecule has 0 aliphatic rings. The van der Waals surface area contributed by atoms with Gasteiger partial charge in [0.05, 0.1) is 10.6 Å². The van der Waals surface area contributed by atoms with Crippen molar-refractivity contribution in [3.05, 3.63) is 22.4 Å². The van der Waals surface area contributed by atoms with Gasteiger partial charge in [-0.15, -0.1) is 22.7 Å². The molecule has 0 radical (unpaired) electrons. The molecule has 0 spiro atoms. The molecule has 2 rings (SSSR count). The fourth-order valence-electron chi connectivity index (χ4n) is 1.18. The van der Waals surface area contributed by atoms with Crippen LogP contribution in [0.1, 0.15) is 5.56 Å². The maximum absolute atomic E-state index is 12.0. The number of rotatable bonds is 2. The van der Waals surface area contributed by atoms with Crippen molar-refractivity contribution >= 4 is 33.7 Å². The van der Waals surface area contributed by atoms with Crippen molar-refractivity contribution in [2.24, 2.45) is 0 Å². The van der Waals surface area contributed by atoms with Crippen LogP contribution in [0.15, 0.2) is 16.8 Å². The molecular formula is C10H7F3N2OS2. The lowest BCUT2D eigenvalue weighted by Gasteiger charge is -2.04. The predicted molar refractivity (Wildman–Crippen MR) is 64.8 cm³/mol. The van der Waals surface area contributed by atoms with E-state index >= 15 is 0 Å². The molecule has 0 aliphatic heterocycles. The van der Waals surface area contributed by atoms with Crippen LogP contribution in [-0.2, 0) is 4.79 Å². The standard InChI is InChI=1S/C10H7F3N2OS2/c1-5-2-7(17-3-5)6-4-18-9(14-6)15-8(16)10(11,12)13/h2-4H,1H3,(H,14,15,16). The summed E-state index contributed by atoms with van der Waals surface area (Å²) < 4.78 is 36.1. The number of aryl methyl sites for hydroxylation is 1. The van der Waals surface area contributed by atoms with E-state index in [9.17, 15) is 18.0 Å². The van der Waals surface area contributed by atoms with Crippen LogP contribution in [0, 0.1) is 6.92 Å². The molecule has 0 aliphatic carbocycles. The smallest absolute Gasteiger partial charge is 0.294 e. The van der Waals surface area contributed by atoms with E-state index in [1.54, 1.807) is 10.7 Å². The molecule has 0 saturated carbocycles. The Morgan fingerprint density at radius 2 is 2.06 bits per heavy atom. The average Bonchev–Trinajstić information content (AvgIpc) is 2.85. The number of anilines is 1. The van der Waals surface area contributed by atoms with Crippen molar-refractivity contribution < 1.29 is 18.0 Å². The average molecular weight is 292 g/mol. The molecule has 0 atom stereocenters. The Balaban J connectivity index is 2.14. The SMILES string of the molecule is Cc1csc(-c2csc(NC(=O)C(F)(F)F)n2)c1. The van der Waals surface area contributed by atoms with Crippen LogP contribution in [0.5, 0.6) is 0 Å². The highest BCUT2D eigenvalue weighted by atomic mass is 32.1. The Morgan fingerprint density at radius 1 is 1.33 bits per heavy atom. The van der Waals surface area contributed by atoms with Gasteiger partial charge in [0.15, 0.2) is 5.13 Å². The minimum absolute atomic E-state index is 0.0571. The number of thiophene rings is 1. The lowest BCUT2D eigenvalue weighted by Crippen LogP contribution is -2.29. The second-order valence-corrected chi connectivity index (χ2v) is 5.25. The first-order chi connectivity index (χ1) is 8.36. The Bertz CT molecular complexity index is 574. The molecule has 2 heterocycles. The van der Waals surface area contributed by atoms with Crippen molar-refractivity contribution in [3.63, 3.8) is 0 Å². The summed E-state index contributed by atoms with van der Waals surface area (Å²) in [5.74, 6) is -2.01. The topological polar surface area (TPSA) is 42.0 Å². The van der Waals surface area contributed by atoms with E-state index in [1.807, 2.05) is 18.4 Å². The van der Waals surface area contributed by atoms with Crippen molar-refractivity contribution in [1.82, 2.24) is 4.98 Å². The third kappa shape index (κ3) is 2.88. The van der Waals surface area contributed by atoms with Crippen LogP contribution in [0.25, 0.3) is 10.6 Å². The quantitative estimate of drug-likeness (QED) is 0.917. The summed E-state index contributed by atoms with van der Waals surface area (Å²) in [6.07, 6.45) is -4.90. The number of nitrogens with one attached hydrogen (secondary N) is 1. The zero-order chi connectivity index (χ0) is 13.3. The molecule has 18 heavy (non-hydrogen) atoms. The number of amides is 1. The molecule has 0 aromatic carbocycles. The van der Waals surface area contributed by atoms with E-state index < -0.39 is 12.1 Å². The van der Waals surface area contributed by atoms with Crippen LogP contribution in [0.4, 0.5) is 18.3 Å². The normalized spacial score (nSPS) is 11.6. The van der Waals surface area contributed by atoms with Gasteiger partial charge >= 0.3 is 12.1 Å². The summed E-state index contributed by atoms with van der Waals surface area (Å²) in [7, 11) is 0. The maximum Gasteiger partial charge on any atom is 0.471 e. The Hall–Kier alpha value is -1.41. The molecule has 0 bridgehead atoms. The maximum atomic E-state index is 12.0. The second-order valence-electron chi connectivity index (χ2n) is 3.48. The molecule has 96 valence electrons. The largest absolute Gasteiger partial charge is 0.471 e. The van der Waals surface area contributed by atoms with Crippen LogP contribution in [-0.4, -0.2) is 17.1 Å². The highest BCUT2D eigenvalue weighted by Gasteiger charge is 2.39. The van der Waals surface area contributed by atoms with Gasteiger partial charge < -0.3 is 0 Å². The predicted octanol–water partition coefficient (Wildman–Crippen LogP) is 3.68. The number of halogens is 3. The van der Waals surface area contributed by atoms with Crippen molar-refractivity contribution in [3.8, 4) is 10.6 Å². The first kappa shape index (κ1) is 13.0. The van der Waals surface area contributed by atoms with Crippen LogP contribution < -0.4 is 5.32 Å². The Morgan fingerprint density at radius 3 is 2.61 bits per heavy atom. The van der Waals surface area contributed by atoms with Gasteiger partial charge in [-0.05, 0) is 23.9 Å². The molecule has 1 amide bonds. The number of nitrogens with zero attached hydrogens (tertiary/aromatic N) is 1. The van der Waals surface area contributed by atoms with E-state index in [0.29, 0.717) is 5.69 Å². The number of aromatic nitrogens is 1. The Labute approximate surface area is 108 Å². The number of alkyl halides is 3. The lowest BCUT2D eigenvalue weighted by molar-refractivity contribution is -0.167. The first-order valence-electron chi connectivity index (χ1n) is 4.75. The summed E-state index contributed by atoms with van der Waals surface area (Å²) in [5.41, 5.74) is 1.62. The number of hydrogen-bond donors (Lipinski definition) is 1. The van der Waals surface area contributed by atoms with E-state index in [2.05, 4.69) is 4.98 Å². The summed E-state index contributed by atoms with van der Waals surface area (Å²) in [6, 6.07) is 1.88. The van der Waals surface area contributed by atoms with Gasteiger partial charge in [0.2, 0.25) is 0 Å². The van der Waals surface area contributed by atoms with Crippen molar-refractivity contribution in [2.75, 3.05) is 5.32 Å². The van der Waals surface area contributed by atoms with E-state index in [-0.39, 0.29) is 5.13 Å². The van der Waals surface area contributed by atoms with Gasteiger partial charge in [-0.3, -0.25) is 10.1 Å². The number of carbonyl (C=O) groups is 1. The molecule has 8 heteroatoms. The fraction of sp³-hybridized carbons (Fsp3) is 0.200. The number of thiazole rings is 1. The van der Waals surface area contributed by atoms with Crippen molar-refractivity contribution in [1.29, 1.82) is 0 Å². The third-order valence-electron chi connectivity index (χ3n) is 1.97. The minimum atomic E-state index is -4.90. The molecule has 1 N–H and O–H groups in total. The summed E-state index contributed by atoms with van der Waals surface area (Å²) in [6.45, 7) is 1.92. The van der Waals surface area contributed by atoms with Crippen LogP contribution in [0.2, 0.25) is 0 Å². The highest BCUT2D eigenvalue weighted by molar-refractivity contribution is 7.16. The zero-order valence-corrected chi connectivity index (χ0v) is 10.7. The molecule has 2 aromatic rings. The second kappa shape index (κ2) is 4.69. The van der Waals surface area contributed by atoms with Gasteiger partial charge in [-0.2, -0.15) is 13.2 Å². The van der Waals surface area contributed by atoms with Crippen molar-refractivity contribution in [2.45, 2.75) is 13.1 Å². The minimum Gasteiger partial charge on any atom is -0.294 e. The Kier molecular flexibility index (Phi) is 3.40. The fourth-order valence-corrected chi connectivity index (χ4v) is 2.82. The monoisotopic (exact) mass is 292 g/mol. The molecule has 0 fully saturated rings. The number of carbonyl (C=O) groups excluding carboxylic acids is 1. The zero-order valence-electron chi connectivity index (χ0n) is 9.04. The van der Waals surface area contributed by atoms with E-state index in [0.717, 1.165) is 21.8 Å². The van der Waals surface area contributed by atoms with Gasteiger partial charge in [0, 0.05) is 5.38 Å². The third-order valence-corrected chi connectivity index (χ3v) is 3.79.